The maximum absolute atomic E-state index is 13.6. The van der Waals surface area contributed by atoms with E-state index >= 15 is 0 Å². The second-order valence-corrected chi connectivity index (χ2v) is 4.89. The third-order valence-electron chi connectivity index (χ3n) is 2.51. The van der Waals surface area contributed by atoms with E-state index in [1.54, 1.807) is 0 Å². The molecule has 1 rings (SSSR count). The summed E-state index contributed by atoms with van der Waals surface area (Å²) in [5.41, 5.74) is 0. The van der Waals surface area contributed by atoms with Crippen LogP contribution in [0.15, 0.2) is 16.6 Å². The van der Waals surface area contributed by atoms with Crippen LogP contribution < -0.4 is 4.74 Å². The van der Waals surface area contributed by atoms with Crippen molar-refractivity contribution in [2.75, 3.05) is 7.11 Å². The van der Waals surface area contributed by atoms with Gasteiger partial charge >= 0.3 is 5.97 Å². The quantitative estimate of drug-likeness (QED) is 0.584. The van der Waals surface area contributed by atoms with Crippen LogP contribution in [0.3, 0.4) is 0 Å². The third-order valence-corrected chi connectivity index (χ3v) is 2.97. The van der Waals surface area contributed by atoms with E-state index in [0.717, 1.165) is 18.9 Å². The first-order valence-electron chi connectivity index (χ1n) is 5.88. The minimum Gasteiger partial charge on any atom is -0.475 e. The summed E-state index contributed by atoms with van der Waals surface area (Å²) in [6.45, 7) is 1.95. The van der Waals surface area contributed by atoms with Crippen LogP contribution >= 0.6 is 15.9 Å². The van der Waals surface area contributed by atoms with E-state index in [-0.39, 0.29) is 5.75 Å². The molecule has 0 aliphatic carbocycles. The molecule has 0 saturated heterocycles. The van der Waals surface area contributed by atoms with Gasteiger partial charge in [-0.1, -0.05) is 29.3 Å². The number of unbranched alkanes of at least 4 members (excludes halogenated alkanes) is 1. The van der Waals surface area contributed by atoms with Gasteiger partial charge in [0, 0.05) is 4.47 Å². The highest BCUT2D eigenvalue weighted by Crippen LogP contribution is 2.27. The molecule has 19 heavy (non-hydrogen) atoms. The third kappa shape index (κ3) is 4.45. The van der Waals surface area contributed by atoms with Gasteiger partial charge in [-0.2, -0.15) is 4.39 Å². The van der Waals surface area contributed by atoms with Crippen LogP contribution in [0.5, 0.6) is 5.75 Å². The van der Waals surface area contributed by atoms with Gasteiger partial charge in [0.2, 0.25) is 5.82 Å². The first-order chi connectivity index (χ1) is 8.99. The molecule has 0 saturated carbocycles. The molecular weight excluding hydrogens is 322 g/mol. The van der Waals surface area contributed by atoms with Gasteiger partial charge in [-0.3, -0.25) is 0 Å². The van der Waals surface area contributed by atoms with Crippen LogP contribution in [0.25, 0.3) is 0 Å². The Morgan fingerprint density at radius 2 is 2.11 bits per heavy atom. The lowest BCUT2D eigenvalue weighted by Crippen LogP contribution is -2.29. The number of methoxy groups -OCH3 is 1. The first-order valence-corrected chi connectivity index (χ1v) is 6.67. The summed E-state index contributed by atoms with van der Waals surface area (Å²) in [4.78, 5) is 11.5. The second-order valence-electron chi connectivity index (χ2n) is 3.97. The number of benzene rings is 1. The predicted molar refractivity (Wildman–Crippen MR) is 70.0 cm³/mol. The van der Waals surface area contributed by atoms with Gasteiger partial charge in [0.05, 0.1) is 7.11 Å². The molecule has 1 unspecified atom stereocenters. The Morgan fingerprint density at radius 1 is 1.42 bits per heavy atom. The molecule has 3 nitrogen and oxygen atoms in total. The van der Waals surface area contributed by atoms with E-state index in [1.807, 2.05) is 6.92 Å². The largest absolute Gasteiger partial charge is 0.475 e. The summed E-state index contributed by atoms with van der Waals surface area (Å²) < 4.78 is 36.9. The first kappa shape index (κ1) is 15.9. The normalized spacial score (nSPS) is 12.1. The maximum Gasteiger partial charge on any atom is 0.347 e. The Labute approximate surface area is 119 Å². The number of hydrogen-bond donors (Lipinski definition) is 0. The molecule has 0 spiro atoms. The number of ether oxygens (including phenoxy) is 2. The highest BCUT2D eigenvalue weighted by molar-refractivity contribution is 9.10. The Hall–Kier alpha value is -1.17. The second kappa shape index (κ2) is 7.43. The molecular formula is C13H15BrF2O3. The smallest absolute Gasteiger partial charge is 0.347 e. The summed E-state index contributed by atoms with van der Waals surface area (Å²) in [6.07, 6.45) is 1.02. The van der Waals surface area contributed by atoms with Crippen LogP contribution in [0, 0.1) is 11.6 Å². The standard InChI is InChI=1S/C13H15BrF2O3/c1-3-4-5-10(13(17)18-2)19-11-7-8(14)6-9(15)12(11)16/h6-7,10H,3-5H2,1-2H3. The van der Waals surface area contributed by atoms with Crippen molar-refractivity contribution in [1.29, 1.82) is 0 Å². The molecule has 1 aromatic rings. The molecule has 0 fully saturated rings. The van der Waals surface area contributed by atoms with Gasteiger partial charge in [-0.05, 0) is 25.0 Å². The van der Waals surface area contributed by atoms with Crippen LogP contribution in [0.2, 0.25) is 0 Å². The van der Waals surface area contributed by atoms with Crippen molar-refractivity contribution in [1.82, 2.24) is 0 Å². The van der Waals surface area contributed by atoms with Crippen LogP contribution in [0.4, 0.5) is 8.78 Å². The summed E-state index contributed by atoms with van der Waals surface area (Å²) in [5, 5.41) is 0. The van der Waals surface area contributed by atoms with Gasteiger partial charge in [0.25, 0.3) is 0 Å². The topological polar surface area (TPSA) is 35.5 Å². The molecule has 0 heterocycles. The molecule has 0 aliphatic rings. The highest BCUT2D eigenvalue weighted by atomic mass is 79.9. The molecule has 0 aromatic heterocycles. The van der Waals surface area contributed by atoms with Crippen LogP contribution in [0.1, 0.15) is 26.2 Å². The minimum absolute atomic E-state index is 0.307. The van der Waals surface area contributed by atoms with Crippen molar-refractivity contribution in [3.05, 3.63) is 28.2 Å². The van der Waals surface area contributed by atoms with Gasteiger partial charge in [0.1, 0.15) is 0 Å². The number of carbonyl (C=O) groups is 1. The minimum atomic E-state index is -1.12. The van der Waals surface area contributed by atoms with Crippen molar-refractivity contribution in [2.24, 2.45) is 0 Å². The lowest BCUT2D eigenvalue weighted by molar-refractivity contribution is -0.149. The Morgan fingerprint density at radius 3 is 2.68 bits per heavy atom. The number of carbonyl (C=O) groups excluding carboxylic acids is 1. The monoisotopic (exact) mass is 336 g/mol. The van der Waals surface area contributed by atoms with E-state index in [4.69, 9.17) is 4.74 Å². The number of hydrogen-bond acceptors (Lipinski definition) is 3. The van der Waals surface area contributed by atoms with E-state index in [2.05, 4.69) is 20.7 Å². The van der Waals surface area contributed by atoms with Crippen molar-refractivity contribution < 1.29 is 23.0 Å². The highest BCUT2D eigenvalue weighted by Gasteiger charge is 2.23. The van der Waals surface area contributed by atoms with Crippen molar-refractivity contribution in [2.45, 2.75) is 32.3 Å². The van der Waals surface area contributed by atoms with E-state index in [0.29, 0.717) is 10.9 Å². The molecule has 6 heteroatoms. The van der Waals surface area contributed by atoms with Crippen molar-refractivity contribution in [3.63, 3.8) is 0 Å². The van der Waals surface area contributed by atoms with E-state index in [1.165, 1.54) is 13.2 Å². The van der Waals surface area contributed by atoms with E-state index in [9.17, 15) is 13.6 Å². The zero-order valence-corrected chi connectivity index (χ0v) is 12.3. The number of rotatable bonds is 6. The zero-order chi connectivity index (χ0) is 14.4. The van der Waals surface area contributed by atoms with Gasteiger partial charge in [-0.15, -0.1) is 0 Å². The average molecular weight is 337 g/mol. The van der Waals surface area contributed by atoms with E-state index < -0.39 is 23.7 Å². The molecule has 0 bridgehead atoms. The Bertz CT molecular complexity index is 452. The average Bonchev–Trinajstić information content (AvgIpc) is 2.38. The van der Waals surface area contributed by atoms with Crippen molar-refractivity contribution >= 4 is 21.9 Å². The van der Waals surface area contributed by atoms with Gasteiger partial charge in [-0.25, -0.2) is 9.18 Å². The summed E-state index contributed by atoms with van der Waals surface area (Å²) in [7, 11) is 1.22. The zero-order valence-electron chi connectivity index (χ0n) is 10.7. The number of halogens is 3. The predicted octanol–water partition coefficient (Wildman–Crippen LogP) is 3.84. The molecule has 1 aromatic carbocycles. The van der Waals surface area contributed by atoms with Crippen LogP contribution in [-0.4, -0.2) is 19.2 Å². The van der Waals surface area contributed by atoms with Crippen LogP contribution in [-0.2, 0) is 9.53 Å². The SMILES string of the molecule is CCCCC(Oc1cc(Br)cc(F)c1F)C(=O)OC. The Balaban J connectivity index is 2.92. The molecule has 1 atom stereocenters. The summed E-state index contributed by atoms with van der Waals surface area (Å²) in [5.74, 6) is -3.07. The molecule has 0 N–H and O–H groups in total. The molecule has 106 valence electrons. The fourth-order valence-electron chi connectivity index (χ4n) is 1.52. The Kier molecular flexibility index (Phi) is 6.21. The fourth-order valence-corrected chi connectivity index (χ4v) is 1.93. The van der Waals surface area contributed by atoms with Gasteiger partial charge < -0.3 is 9.47 Å². The van der Waals surface area contributed by atoms with Crippen molar-refractivity contribution in [3.8, 4) is 5.75 Å². The lowest BCUT2D eigenvalue weighted by Gasteiger charge is -2.17. The molecule has 0 amide bonds. The maximum atomic E-state index is 13.6. The molecule has 0 radical (unpaired) electrons. The van der Waals surface area contributed by atoms with Gasteiger partial charge in [0.15, 0.2) is 17.7 Å². The number of esters is 1. The summed E-state index contributed by atoms with van der Waals surface area (Å²) in [6, 6.07) is 2.27. The summed E-state index contributed by atoms with van der Waals surface area (Å²) >= 11 is 3.04. The fraction of sp³-hybridized carbons (Fsp3) is 0.462. The lowest BCUT2D eigenvalue weighted by atomic mass is 10.1. The molecule has 0 aliphatic heterocycles.